The normalized spacial score (nSPS) is 18.4. The molecular weight excluding hydrogens is 366 g/mol. The highest BCUT2D eigenvalue weighted by Gasteiger charge is 2.26. The summed E-state index contributed by atoms with van der Waals surface area (Å²) in [7, 11) is 0. The zero-order valence-electron chi connectivity index (χ0n) is 17.7. The van der Waals surface area contributed by atoms with Gasteiger partial charge >= 0.3 is 0 Å². The summed E-state index contributed by atoms with van der Waals surface area (Å²) in [6.45, 7) is 9.40. The van der Waals surface area contributed by atoms with Crippen molar-refractivity contribution in [2.45, 2.75) is 58.8 Å². The van der Waals surface area contributed by atoms with Crippen LogP contribution in [0.25, 0.3) is 11.4 Å². The minimum Gasteiger partial charge on any atom is -0.353 e. The molecule has 1 aliphatic heterocycles. The van der Waals surface area contributed by atoms with Gasteiger partial charge in [0.05, 0.1) is 0 Å². The van der Waals surface area contributed by atoms with Crippen LogP contribution in [0.5, 0.6) is 0 Å². The third kappa shape index (κ3) is 4.77. The molecular formula is C22H31N5O2. The van der Waals surface area contributed by atoms with Gasteiger partial charge in [-0.15, -0.1) is 0 Å². The lowest BCUT2D eigenvalue weighted by Crippen LogP contribution is -2.49. The molecule has 2 aromatic heterocycles. The molecule has 3 heterocycles. The van der Waals surface area contributed by atoms with Gasteiger partial charge in [-0.05, 0) is 30.4 Å². The van der Waals surface area contributed by atoms with E-state index >= 15 is 0 Å². The fourth-order valence-electron chi connectivity index (χ4n) is 4.15. The average Bonchev–Trinajstić information content (AvgIpc) is 3.39. The smallest absolute Gasteiger partial charge is 0.230 e. The molecule has 1 saturated heterocycles. The summed E-state index contributed by atoms with van der Waals surface area (Å²) in [5.74, 6) is 2.97. The van der Waals surface area contributed by atoms with E-state index in [4.69, 9.17) is 4.52 Å². The summed E-state index contributed by atoms with van der Waals surface area (Å²) >= 11 is 0. The van der Waals surface area contributed by atoms with E-state index in [9.17, 15) is 4.79 Å². The topological polar surface area (TPSA) is 75.4 Å². The van der Waals surface area contributed by atoms with E-state index in [1.165, 1.54) is 12.8 Å². The van der Waals surface area contributed by atoms with Gasteiger partial charge < -0.3 is 14.3 Å². The molecule has 0 bridgehead atoms. The second-order valence-electron chi connectivity index (χ2n) is 9.45. The molecule has 1 amide bonds. The predicted molar refractivity (Wildman–Crippen MR) is 112 cm³/mol. The third-order valence-electron chi connectivity index (χ3n) is 5.79. The van der Waals surface area contributed by atoms with Crippen molar-refractivity contribution in [2.24, 2.45) is 5.41 Å². The van der Waals surface area contributed by atoms with E-state index in [0.29, 0.717) is 18.2 Å². The average molecular weight is 398 g/mol. The molecule has 0 aromatic carbocycles. The van der Waals surface area contributed by atoms with Crippen LogP contribution in [-0.4, -0.2) is 52.1 Å². The molecule has 2 aromatic rings. The van der Waals surface area contributed by atoms with Crippen LogP contribution in [0, 0.1) is 5.41 Å². The van der Waals surface area contributed by atoms with E-state index in [2.05, 4.69) is 40.8 Å². The highest BCUT2D eigenvalue weighted by Crippen LogP contribution is 2.34. The van der Waals surface area contributed by atoms with Crippen molar-refractivity contribution in [3.8, 4) is 11.4 Å². The molecule has 0 radical (unpaired) electrons. The monoisotopic (exact) mass is 397 g/mol. The zero-order valence-corrected chi connectivity index (χ0v) is 17.7. The number of anilines is 1. The van der Waals surface area contributed by atoms with Crippen LogP contribution in [0.1, 0.15) is 64.7 Å². The Hall–Kier alpha value is -2.44. The van der Waals surface area contributed by atoms with Crippen LogP contribution in [0.2, 0.25) is 0 Å². The van der Waals surface area contributed by atoms with Gasteiger partial charge in [0.25, 0.3) is 0 Å². The lowest BCUT2D eigenvalue weighted by molar-refractivity contribution is -0.133. The molecule has 29 heavy (non-hydrogen) atoms. The highest BCUT2D eigenvalue weighted by molar-refractivity contribution is 5.77. The summed E-state index contributed by atoms with van der Waals surface area (Å²) in [5.41, 5.74) is 0.902. The summed E-state index contributed by atoms with van der Waals surface area (Å²) in [6.07, 6.45) is 7.18. The van der Waals surface area contributed by atoms with E-state index in [0.717, 1.165) is 56.3 Å². The molecule has 0 unspecified atom stereocenters. The van der Waals surface area contributed by atoms with E-state index < -0.39 is 0 Å². The highest BCUT2D eigenvalue weighted by atomic mass is 16.5. The molecule has 1 aliphatic carbocycles. The Labute approximate surface area is 172 Å². The van der Waals surface area contributed by atoms with Crippen LogP contribution in [0.3, 0.4) is 0 Å². The number of hydrogen-bond acceptors (Lipinski definition) is 6. The van der Waals surface area contributed by atoms with Gasteiger partial charge in [0, 0.05) is 50.3 Å². The first-order valence-electron chi connectivity index (χ1n) is 10.7. The number of carbonyl (C=O) groups is 1. The van der Waals surface area contributed by atoms with E-state index in [1.807, 2.05) is 23.2 Å². The number of carbonyl (C=O) groups excluding carboxylic acids is 1. The Morgan fingerprint density at radius 2 is 1.86 bits per heavy atom. The van der Waals surface area contributed by atoms with Gasteiger partial charge in [0.2, 0.25) is 17.6 Å². The third-order valence-corrected chi connectivity index (χ3v) is 5.79. The lowest BCUT2D eigenvalue weighted by atomic mass is 9.91. The lowest BCUT2D eigenvalue weighted by Gasteiger charge is -2.36. The van der Waals surface area contributed by atoms with Crippen molar-refractivity contribution in [2.75, 3.05) is 31.1 Å². The van der Waals surface area contributed by atoms with Gasteiger partial charge in [-0.25, -0.2) is 4.98 Å². The van der Waals surface area contributed by atoms with Crippen LogP contribution in [0.4, 0.5) is 5.82 Å². The van der Waals surface area contributed by atoms with Crippen LogP contribution in [0.15, 0.2) is 22.9 Å². The second-order valence-corrected chi connectivity index (χ2v) is 9.45. The Bertz CT molecular complexity index is 826. The van der Waals surface area contributed by atoms with Crippen molar-refractivity contribution in [1.82, 2.24) is 20.0 Å². The number of pyridine rings is 1. The number of aromatic nitrogens is 3. The summed E-state index contributed by atoms with van der Waals surface area (Å²) in [6, 6.07) is 4.01. The number of amides is 1. The van der Waals surface area contributed by atoms with Crippen LogP contribution < -0.4 is 4.90 Å². The zero-order chi connectivity index (χ0) is 20.4. The molecule has 2 aliphatic rings. The number of rotatable bonds is 4. The number of piperazine rings is 1. The maximum Gasteiger partial charge on any atom is 0.230 e. The van der Waals surface area contributed by atoms with Crippen LogP contribution in [-0.2, 0) is 4.79 Å². The van der Waals surface area contributed by atoms with Gasteiger partial charge in [-0.2, -0.15) is 4.98 Å². The Morgan fingerprint density at radius 3 is 2.48 bits per heavy atom. The Morgan fingerprint density at radius 1 is 1.14 bits per heavy atom. The second kappa shape index (κ2) is 8.13. The number of hydrogen-bond donors (Lipinski definition) is 0. The fraction of sp³-hybridized carbons (Fsp3) is 0.636. The van der Waals surface area contributed by atoms with Crippen molar-refractivity contribution in [3.63, 3.8) is 0 Å². The molecule has 0 N–H and O–H groups in total. The molecule has 1 saturated carbocycles. The molecule has 0 spiro atoms. The fourth-order valence-corrected chi connectivity index (χ4v) is 4.15. The van der Waals surface area contributed by atoms with Gasteiger partial charge in [-0.1, -0.05) is 38.8 Å². The first kappa shape index (κ1) is 19.9. The van der Waals surface area contributed by atoms with Crippen molar-refractivity contribution >= 4 is 11.7 Å². The maximum absolute atomic E-state index is 12.4. The molecule has 4 rings (SSSR count). The van der Waals surface area contributed by atoms with Crippen LogP contribution >= 0.6 is 0 Å². The van der Waals surface area contributed by atoms with E-state index in [-0.39, 0.29) is 11.3 Å². The number of nitrogens with zero attached hydrogens (tertiary/aromatic N) is 5. The summed E-state index contributed by atoms with van der Waals surface area (Å²) in [4.78, 5) is 25.8. The minimum atomic E-state index is 0.0262. The predicted octanol–water partition coefficient (Wildman–Crippen LogP) is 3.87. The first-order valence-corrected chi connectivity index (χ1v) is 10.7. The standard InChI is InChI=1S/C22H31N5O2/c1-22(2,3)14-19(28)27-12-10-26(11-13-27)18-9-8-17(15-23-18)20-24-21(29-25-20)16-6-4-5-7-16/h8-9,15-16H,4-7,10-14H2,1-3H3. The van der Waals surface area contributed by atoms with E-state index in [1.54, 1.807) is 0 Å². The van der Waals surface area contributed by atoms with Crippen molar-refractivity contribution < 1.29 is 9.32 Å². The van der Waals surface area contributed by atoms with Crippen molar-refractivity contribution in [1.29, 1.82) is 0 Å². The first-order chi connectivity index (χ1) is 13.9. The molecule has 7 heteroatoms. The largest absolute Gasteiger partial charge is 0.353 e. The SMILES string of the molecule is CC(C)(C)CC(=O)N1CCN(c2ccc(-c3noc(C4CCCC4)n3)cn2)CC1. The molecule has 0 atom stereocenters. The van der Waals surface area contributed by atoms with Crippen molar-refractivity contribution in [3.05, 3.63) is 24.2 Å². The maximum atomic E-state index is 12.4. The minimum absolute atomic E-state index is 0.0262. The Balaban J connectivity index is 1.35. The molecule has 7 nitrogen and oxygen atoms in total. The molecule has 156 valence electrons. The Kier molecular flexibility index (Phi) is 5.56. The quantitative estimate of drug-likeness (QED) is 0.779. The van der Waals surface area contributed by atoms with Gasteiger partial charge in [-0.3, -0.25) is 4.79 Å². The van der Waals surface area contributed by atoms with Gasteiger partial charge in [0.1, 0.15) is 5.82 Å². The summed E-state index contributed by atoms with van der Waals surface area (Å²) < 4.78 is 5.48. The summed E-state index contributed by atoms with van der Waals surface area (Å²) in [5, 5.41) is 4.15. The molecule has 2 fully saturated rings. The van der Waals surface area contributed by atoms with Gasteiger partial charge in [0.15, 0.2) is 0 Å².